The molecule has 0 aliphatic carbocycles. The van der Waals surface area contributed by atoms with Crippen molar-refractivity contribution in [1.29, 1.82) is 0 Å². The standard InChI is InChI=1S/C9H11ClFNO/c1-13-5-8(12)6-3-2-4-7(11)9(6)10/h2-4,8H,5,12H2,1H3/t8-/m0/s1. The molecule has 0 saturated carbocycles. The Bertz CT molecular complexity index is 293. The Morgan fingerprint density at radius 2 is 2.31 bits per heavy atom. The minimum Gasteiger partial charge on any atom is -0.383 e. The number of nitrogens with two attached hydrogens (primary N) is 1. The van der Waals surface area contributed by atoms with Gasteiger partial charge in [-0.25, -0.2) is 4.39 Å². The lowest BCUT2D eigenvalue weighted by molar-refractivity contribution is 0.181. The minimum absolute atomic E-state index is 0.0760. The van der Waals surface area contributed by atoms with Crippen LogP contribution in [0.4, 0.5) is 4.39 Å². The van der Waals surface area contributed by atoms with Crippen molar-refractivity contribution in [2.75, 3.05) is 13.7 Å². The van der Waals surface area contributed by atoms with E-state index in [0.717, 1.165) is 0 Å². The van der Waals surface area contributed by atoms with Gasteiger partial charge in [0.15, 0.2) is 0 Å². The molecule has 0 fully saturated rings. The third-order valence-electron chi connectivity index (χ3n) is 1.73. The zero-order valence-electron chi connectivity index (χ0n) is 7.26. The first kappa shape index (κ1) is 10.4. The van der Waals surface area contributed by atoms with Crippen LogP contribution in [0, 0.1) is 5.82 Å². The van der Waals surface area contributed by atoms with Crippen molar-refractivity contribution in [3.63, 3.8) is 0 Å². The number of methoxy groups -OCH3 is 1. The molecule has 1 aromatic rings. The molecule has 0 aliphatic heterocycles. The highest BCUT2D eigenvalue weighted by Gasteiger charge is 2.12. The largest absolute Gasteiger partial charge is 0.383 e. The summed E-state index contributed by atoms with van der Waals surface area (Å²) in [6, 6.07) is 4.18. The summed E-state index contributed by atoms with van der Waals surface area (Å²) in [5, 5.41) is 0.0760. The first-order valence-corrected chi connectivity index (χ1v) is 4.23. The number of ether oxygens (including phenoxy) is 1. The molecule has 0 saturated heterocycles. The molecule has 72 valence electrons. The maximum atomic E-state index is 13.0. The molecule has 2 N–H and O–H groups in total. The molecule has 1 aromatic carbocycles. The first-order valence-electron chi connectivity index (χ1n) is 3.85. The van der Waals surface area contributed by atoms with Gasteiger partial charge in [-0.2, -0.15) is 0 Å². The molecular weight excluding hydrogens is 193 g/mol. The number of rotatable bonds is 3. The second-order valence-corrected chi connectivity index (χ2v) is 3.08. The molecule has 0 aliphatic rings. The molecule has 0 heterocycles. The summed E-state index contributed by atoms with van der Waals surface area (Å²) in [4.78, 5) is 0. The van der Waals surface area contributed by atoms with E-state index in [1.807, 2.05) is 0 Å². The molecule has 0 unspecified atom stereocenters. The molecule has 1 rings (SSSR count). The van der Waals surface area contributed by atoms with Crippen molar-refractivity contribution in [2.24, 2.45) is 5.73 Å². The Kier molecular flexibility index (Phi) is 3.66. The SMILES string of the molecule is COC[C@H](N)c1cccc(F)c1Cl. The summed E-state index contributed by atoms with van der Waals surface area (Å²) in [5.41, 5.74) is 6.27. The Labute approximate surface area is 81.4 Å². The van der Waals surface area contributed by atoms with Crippen LogP contribution >= 0.6 is 11.6 Å². The van der Waals surface area contributed by atoms with Crippen molar-refractivity contribution < 1.29 is 9.13 Å². The van der Waals surface area contributed by atoms with Gasteiger partial charge in [-0.3, -0.25) is 0 Å². The molecule has 0 amide bonds. The molecule has 13 heavy (non-hydrogen) atoms. The molecule has 4 heteroatoms. The molecule has 2 nitrogen and oxygen atoms in total. The highest BCUT2D eigenvalue weighted by molar-refractivity contribution is 6.31. The van der Waals surface area contributed by atoms with Crippen molar-refractivity contribution in [1.82, 2.24) is 0 Å². The average Bonchev–Trinajstić information content (AvgIpc) is 2.10. The van der Waals surface area contributed by atoms with Gasteiger partial charge in [-0.15, -0.1) is 0 Å². The Morgan fingerprint density at radius 1 is 1.62 bits per heavy atom. The monoisotopic (exact) mass is 203 g/mol. The van der Waals surface area contributed by atoms with E-state index >= 15 is 0 Å². The summed E-state index contributed by atoms with van der Waals surface area (Å²) in [5.74, 6) is -0.453. The van der Waals surface area contributed by atoms with Crippen LogP contribution < -0.4 is 5.73 Å². The third-order valence-corrected chi connectivity index (χ3v) is 2.13. The lowest BCUT2D eigenvalue weighted by Gasteiger charge is -2.12. The fraction of sp³-hybridized carbons (Fsp3) is 0.333. The van der Waals surface area contributed by atoms with Crippen LogP contribution in [0.2, 0.25) is 5.02 Å². The molecule has 1 atom stereocenters. The zero-order chi connectivity index (χ0) is 9.84. The van der Waals surface area contributed by atoms with E-state index in [9.17, 15) is 4.39 Å². The second-order valence-electron chi connectivity index (χ2n) is 2.70. The summed E-state index contributed by atoms with van der Waals surface area (Å²) in [6.07, 6.45) is 0. The average molecular weight is 204 g/mol. The van der Waals surface area contributed by atoms with E-state index in [2.05, 4.69) is 0 Å². The van der Waals surface area contributed by atoms with E-state index in [0.29, 0.717) is 12.2 Å². The van der Waals surface area contributed by atoms with Gasteiger partial charge in [0.05, 0.1) is 17.7 Å². The minimum atomic E-state index is -0.453. The highest BCUT2D eigenvalue weighted by Crippen LogP contribution is 2.24. The van der Waals surface area contributed by atoms with Gasteiger partial charge in [-0.1, -0.05) is 23.7 Å². The van der Waals surface area contributed by atoms with E-state index in [1.165, 1.54) is 13.2 Å². The zero-order valence-corrected chi connectivity index (χ0v) is 8.01. The number of hydrogen-bond donors (Lipinski definition) is 1. The third kappa shape index (κ3) is 2.40. The second kappa shape index (κ2) is 4.56. The fourth-order valence-corrected chi connectivity index (χ4v) is 1.34. The molecule has 0 spiro atoms. The lowest BCUT2D eigenvalue weighted by atomic mass is 10.1. The predicted molar refractivity (Wildman–Crippen MR) is 50.2 cm³/mol. The number of hydrogen-bond acceptors (Lipinski definition) is 2. The van der Waals surface area contributed by atoms with Crippen LogP contribution in [0.15, 0.2) is 18.2 Å². The van der Waals surface area contributed by atoms with Gasteiger partial charge in [0.1, 0.15) is 5.82 Å². The maximum Gasteiger partial charge on any atom is 0.142 e. The van der Waals surface area contributed by atoms with E-state index < -0.39 is 5.82 Å². The molecule has 0 radical (unpaired) electrons. The van der Waals surface area contributed by atoms with Crippen molar-refractivity contribution in [3.8, 4) is 0 Å². The lowest BCUT2D eigenvalue weighted by Crippen LogP contribution is -2.16. The summed E-state index contributed by atoms with van der Waals surface area (Å²) in [7, 11) is 1.53. The Balaban J connectivity index is 2.93. The first-order chi connectivity index (χ1) is 6.16. The molecule has 0 aromatic heterocycles. The number of benzene rings is 1. The van der Waals surface area contributed by atoms with Crippen LogP contribution in [-0.2, 0) is 4.74 Å². The van der Waals surface area contributed by atoms with Crippen molar-refractivity contribution in [2.45, 2.75) is 6.04 Å². The van der Waals surface area contributed by atoms with Crippen LogP contribution in [0.3, 0.4) is 0 Å². The van der Waals surface area contributed by atoms with Crippen LogP contribution in [0.5, 0.6) is 0 Å². The van der Waals surface area contributed by atoms with E-state index in [4.69, 9.17) is 22.1 Å². The van der Waals surface area contributed by atoms with Gasteiger partial charge in [0, 0.05) is 7.11 Å². The summed E-state index contributed by atoms with van der Waals surface area (Å²) >= 11 is 5.71. The van der Waals surface area contributed by atoms with Crippen molar-refractivity contribution >= 4 is 11.6 Å². The Hall–Kier alpha value is -0.640. The highest BCUT2D eigenvalue weighted by atomic mass is 35.5. The molecule has 0 bridgehead atoms. The topological polar surface area (TPSA) is 35.2 Å². The summed E-state index contributed by atoms with van der Waals surface area (Å²) in [6.45, 7) is 0.323. The van der Waals surface area contributed by atoms with Crippen LogP contribution in [0.25, 0.3) is 0 Å². The number of halogens is 2. The van der Waals surface area contributed by atoms with Gasteiger partial charge >= 0.3 is 0 Å². The normalized spacial score (nSPS) is 12.9. The van der Waals surface area contributed by atoms with E-state index in [-0.39, 0.29) is 11.1 Å². The summed E-state index contributed by atoms with van der Waals surface area (Å²) < 4.78 is 17.8. The Morgan fingerprint density at radius 3 is 2.92 bits per heavy atom. The van der Waals surface area contributed by atoms with Crippen LogP contribution in [-0.4, -0.2) is 13.7 Å². The molecular formula is C9H11ClFNO. The fourth-order valence-electron chi connectivity index (χ4n) is 1.08. The predicted octanol–water partition coefficient (Wildman–Crippen LogP) is 2.13. The smallest absolute Gasteiger partial charge is 0.142 e. The van der Waals surface area contributed by atoms with Gasteiger partial charge in [0.2, 0.25) is 0 Å². The van der Waals surface area contributed by atoms with Crippen molar-refractivity contribution in [3.05, 3.63) is 34.6 Å². The van der Waals surface area contributed by atoms with Gasteiger partial charge in [0.25, 0.3) is 0 Å². The quantitative estimate of drug-likeness (QED) is 0.817. The van der Waals surface area contributed by atoms with E-state index in [1.54, 1.807) is 12.1 Å². The maximum absolute atomic E-state index is 13.0. The van der Waals surface area contributed by atoms with Crippen LogP contribution in [0.1, 0.15) is 11.6 Å². The van der Waals surface area contributed by atoms with Gasteiger partial charge < -0.3 is 10.5 Å². The van der Waals surface area contributed by atoms with Gasteiger partial charge in [-0.05, 0) is 11.6 Å².